The second-order valence-electron chi connectivity index (χ2n) is 9.42. The molecule has 0 heterocycles. The van der Waals surface area contributed by atoms with Crippen molar-refractivity contribution in [2.45, 2.75) is 26.2 Å². The number of anilines is 2. The van der Waals surface area contributed by atoms with Gasteiger partial charge in [-0.3, -0.25) is 0 Å². The van der Waals surface area contributed by atoms with Gasteiger partial charge in [-0.15, -0.1) is 0 Å². The number of carbonyl (C=O) groups is 2. The van der Waals surface area contributed by atoms with Crippen molar-refractivity contribution in [3.8, 4) is 17.2 Å². The van der Waals surface area contributed by atoms with Crippen LogP contribution in [0, 0.1) is 0 Å². The van der Waals surface area contributed by atoms with Crippen LogP contribution in [0.25, 0.3) is 16.8 Å². The van der Waals surface area contributed by atoms with Gasteiger partial charge in [-0.25, -0.2) is 9.59 Å². The monoisotopic (exact) mass is 554 g/mol. The van der Waals surface area contributed by atoms with Gasteiger partial charge in [-0.2, -0.15) is 0 Å². The minimum Gasteiger partial charge on any atom is -0.494 e. The smallest absolute Gasteiger partial charge is 0.338 e. The van der Waals surface area contributed by atoms with E-state index in [0.717, 1.165) is 41.3 Å². The van der Waals surface area contributed by atoms with Gasteiger partial charge < -0.3 is 30.4 Å². The molecule has 0 saturated carbocycles. The topological polar surface area (TPSA) is 123 Å². The molecule has 0 amide bonds. The molecule has 212 valence electrons. The van der Waals surface area contributed by atoms with Gasteiger partial charge in [0.05, 0.1) is 12.2 Å². The first-order valence-electron chi connectivity index (χ1n) is 13.5. The summed E-state index contributed by atoms with van der Waals surface area (Å²) < 4.78 is 22.1. The maximum Gasteiger partial charge on any atom is 0.338 e. The second-order valence-corrected chi connectivity index (χ2v) is 9.42. The lowest BCUT2D eigenvalue weighted by atomic mass is 10.1. The third-order valence-corrected chi connectivity index (χ3v) is 6.11. The summed E-state index contributed by atoms with van der Waals surface area (Å²) in [6.07, 6.45) is 6.38. The molecular formula is C33H34N2O6. The Morgan fingerprint density at radius 3 is 2.05 bits per heavy atom. The molecule has 0 spiro atoms. The zero-order valence-electron chi connectivity index (χ0n) is 23.0. The number of unbranched alkanes of at least 4 members (excludes halogenated alkanes) is 2. The van der Waals surface area contributed by atoms with E-state index in [1.807, 2.05) is 30.3 Å². The molecule has 4 aromatic rings. The van der Waals surface area contributed by atoms with Gasteiger partial charge in [-0.05, 0) is 83.4 Å². The summed E-state index contributed by atoms with van der Waals surface area (Å²) in [5.74, 6) is 0.887. The Labute approximate surface area is 239 Å². The molecule has 41 heavy (non-hydrogen) atoms. The highest BCUT2D eigenvalue weighted by Crippen LogP contribution is 2.25. The van der Waals surface area contributed by atoms with Crippen molar-refractivity contribution in [3.05, 3.63) is 96.1 Å². The minimum atomic E-state index is -0.527. The number of carbonyl (C=O) groups excluding carboxylic acids is 2. The average Bonchev–Trinajstić information content (AvgIpc) is 2.96. The van der Waals surface area contributed by atoms with Gasteiger partial charge >= 0.3 is 11.9 Å². The molecule has 4 rings (SSSR count). The number of fused-ring (bicyclic) bond motifs is 1. The highest BCUT2D eigenvalue weighted by atomic mass is 16.6. The number of ether oxygens (including phenoxy) is 4. The van der Waals surface area contributed by atoms with Gasteiger partial charge in [0.2, 0.25) is 0 Å². The van der Waals surface area contributed by atoms with Crippen LogP contribution in [-0.4, -0.2) is 31.8 Å². The average molecular weight is 555 g/mol. The molecule has 4 N–H and O–H groups in total. The molecule has 0 fully saturated rings. The first kappa shape index (κ1) is 29.0. The van der Waals surface area contributed by atoms with Crippen molar-refractivity contribution < 1.29 is 28.5 Å². The van der Waals surface area contributed by atoms with Crippen LogP contribution < -0.4 is 25.7 Å². The third kappa shape index (κ3) is 9.03. The zero-order chi connectivity index (χ0) is 29.0. The van der Waals surface area contributed by atoms with Crippen LogP contribution in [-0.2, 0) is 9.53 Å². The van der Waals surface area contributed by atoms with Crippen molar-refractivity contribution >= 4 is 40.2 Å². The summed E-state index contributed by atoms with van der Waals surface area (Å²) in [5.41, 5.74) is 13.3. The molecule has 4 aromatic carbocycles. The van der Waals surface area contributed by atoms with E-state index in [9.17, 15) is 9.59 Å². The minimum absolute atomic E-state index is 0.0593. The summed E-state index contributed by atoms with van der Waals surface area (Å²) in [6.45, 7) is 3.10. The molecule has 0 aromatic heterocycles. The molecule has 0 bridgehead atoms. The lowest BCUT2D eigenvalue weighted by molar-refractivity contribution is -0.128. The zero-order valence-corrected chi connectivity index (χ0v) is 23.0. The van der Waals surface area contributed by atoms with E-state index in [1.165, 1.54) is 18.2 Å². The van der Waals surface area contributed by atoms with Crippen LogP contribution in [0.1, 0.15) is 42.1 Å². The first-order valence-corrected chi connectivity index (χ1v) is 13.5. The molecule has 0 atom stereocenters. The highest BCUT2D eigenvalue weighted by Gasteiger charge is 2.09. The molecular weight excluding hydrogens is 520 g/mol. The number of nitrogens with two attached hydrogens (primary N) is 2. The van der Waals surface area contributed by atoms with Crippen molar-refractivity contribution in [2.75, 3.05) is 31.3 Å². The maximum atomic E-state index is 12.4. The van der Waals surface area contributed by atoms with E-state index in [0.29, 0.717) is 29.5 Å². The van der Waals surface area contributed by atoms with E-state index in [1.54, 1.807) is 42.5 Å². The molecule has 0 aliphatic carbocycles. The number of hydrogen-bond acceptors (Lipinski definition) is 8. The Morgan fingerprint density at radius 1 is 0.707 bits per heavy atom. The first-order chi connectivity index (χ1) is 19.9. The van der Waals surface area contributed by atoms with E-state index < -0.39 is 11.9 Å². The van der Waals surface area contributed by atoms with E-state index in [-0.39, 0.29) is 18.8 Å². The normalized spacial score (nSPS) is 11.0. The van der Waals surface area contributed by atoms with Gasteiger partial charge in [-0.1, -0.05) is 44.0 Å². The maximum absolute atomic E-state index is 12.4. The van der Waals surface area contributed by atoms with Gasteiger partial charge in [0, 0.05) is 17.5 Å². The predicted molar refractivity (Wildman–Crippen MR) is 161 cm³/mol. The van der Waals surface area contributed by atoms with Gasteiger partial charge in [0.1, 0.15) is 30.5 Å². The Kier molecular flexibility index (Phi) is 10.2. The molecule has 8 nitrogen and oxygen atoms in total. The summed E-state index contributed by atoms with van der Waals surface area (Å²) in [6, 6.07) is 23.1. The fourth-order valence-corrected chi connectivity index (χ4v) is 4.06. The number of esters is 2. The van der Waals surface area contributed by atoms with Crippen molar-refractivity contribution in [3.63, 3.8) is 0 Å². The van der Waals surface area contributed by atoms with Crippen LogP contribution in [0.4, 0.5) is 11.4 Å². The Hall–Kier alpha value is -4.98. The predicted octanol–water partition coefficient (Wildman–Crippen LogP) is 6.43. The Bertz CT molecular complexity index is 1490. The number of nitrogen functional groups attached to an aromatic ring is 2. The highest BCUT2D eigenvalue weighted by molar-refractivity contribution is 5.92. The van der Waals surface area contributed by atoms with E-state index in [2.05, 4.69) is 6.92 Å². The molecule has 0 aliphatic heterocycles. The molecule has 0 radical (unpaired) electrons. The fraction of sp³-hybridized carbons (Fsp3) is 0.212. The van der Waals surface area contributed by atoms with Crippen molar-refractivity contribution in [2.24, 2.45) is 0 Å². The van der Waals surface area contributed by atoms with Crippen LogP contribution in [0.5, 0.6) is 17.2 Å². The summed E-state index contributed by atoms with van der Waals surface area (Å²) in [4.78, 5) is 24.5. The van der Waals surface area contributed by atoms with Crippen LogP contribution in [0.3, 0.4) is 0 Å². The molecule has 0 unspecified atom stereocenters. The second kappa shape index (κ2) is 14.4. The number of hydrogen-bond donors (Lipinski definition) is 2. The SMILES string of the molecule is CCCCCOc1ccc2cc(OC(=O)/C=C/c3ccc(OCCOC(=O)c4cc(N)cc(N)c4)cc3)ccc2c1. The van der Waals surface area contributed by atoms with Crippen LogP contribution in [0.15, 0.2) is 84.9 Å². The number of rotatable bonds is 13. The fourth-order valence-electron chi connectivity index (χ4n) is 4.06. The van der Waals surface area contributed by atoms with Gasteiger partial charge in [0.15, 0.2) is 0 Å². The summed E-state index contributed by atoms with van der Waals surface area (Å²) >= 11 is 0. The van der Waals surface area contributed by atoms with E-state index >= 15 is 0 Å². The summed E-state index contributed by atoms with van der Waals surface area (Å²) in [5, 5.41) is 1.97. The third-order valence-electron chi connectivity index (χ3n) is 6.11. The van der Waals surface area contributed by atoms with Crippen LogP contribution in [0.2, 0.25) is 0 Å². The Balaban J connectivity index is 1.21. The largest absolute Gasteiger partial charge is 0.494 e. The van der Waals surface area contributed by atoms with Crippen LogP contribution >= 0.6 is 0 Å². The number of benzene rings is 4. The molecule has 8 heteroatoms. The quantitative estimate of drug-likeness (QED) is 0.0637. The Morgan fingerprint density at radius 2 is 1.34 bits per heavy atom. The van der Waals surface area contributed by atoms with Crippen molar-refractivity contribution in [1.82, 2.24) is 0 Å². The van der Waals surface area contributed by atoms with Crippen molar-refractivity contribution in [1.29, 1.82) is 0 Å². The molecule has 0 aliphatic rings. The standard InChI is InChI=1S/C33H34N2O6/c1-2-3-4-15-38-30-12-8-25-21-31(13-9-24(25)20-30)41-32(36)14-7-23-5-10-29(11-6-23)39-16-17-40-33(37)26-18-27(34)22-28(35)19-26/h5-14,18-22H,2-4,15-17,34-35H2,1H3/b14-7+. The van der Waals surface area contributed by atoms with Gasteiger partial charge in [0.25, 0.3) is 0 Å². The lowest BCUT2D eigenvalue weighted by Crippen LogP contribution is -2.13. The van der Waals surface area contributed by atoms with E-state index in [4.69, 9.17) is 30.4 Å². The lowest BCUT2D eigenvalue weighted by Gasteiger charge is -2.09. The summed E-state index contributed by atoms with van der Waals surface area (Å²) in [7, 11) is 0. The molecule has 0 saturated heterocycles.